The molecule has 0 saturated heterocycles. The van der Waals surface area contributed by atoms with Crippen LogP contribution in [0.3, 0.4) is 0 Å². The van der Waals surface area contributed by atoms with Crippen molar-refractivity contribution in [2.45, 2.75) is 12.3 Å². The van der Waals surface area contributed by atoms with E-state index >= 15 is 0 Å². The number of methoxy groups -OCH3 is 1. The lowest BCUT2D eigenvalue weighted by Gasteiger charge is -2.23. The number of ether oxygens (including phenoxy) is 3. The first kappa shape index (κ1) is 20.4. The molecule has 0 saturated carbocycles. The second-order valence-corrected chi connectivity index (χ2v) is 7.36. The second kappa shape index (κ2) is 8.19. The van der Waals surface area contributed by atoms with Crippen LogP contribution in [0.2, 0.25) is 0 Å². The maximum absolute atomic E-state index is 13.0. The zero-order valence-electron chi connectivity index (χ0n) is 17.4. The summed E-state index contributed by atoms with van der Waals surface area (Å²) in [4.78, 5) is 45.2. The molecule has 2 amide bonds. The number of carbonyl (C=O) groups is 2. The fourth-order valence-electron chi connectivity index (χ4n) is 3.73. The third kappa shape index (κ3) is 3.91. The summed E-state index contributed by atoms with van der Waals surface area (Å²) < 4.78 is 15.9. The van der Waals surface area contributed by atoms with E-state index in [0.29, 0.717) is 28.6 Å². The normalized spacial score (nSPS) is 15.9. The van der Waals surface area contributed by atoms with Crippen LogP contribution in [0.4, 0.5) is 23.1 Å². The van der Waals surface area contributed by atoms with Crippen LogP contribution in [0, 0.1) is 0 Å². The van der Waals surface area contributed by atoms with E-state index in [1.165, 1.54) is 7.11 Å². The minimum Gasteiger partial charge on any atom is -0.495 e. The van der Waals surface area contributed by atoms with Gasteiger partial charge in [-0.2, -0.15) is 4.98 Å². The molecular weight excluding hydrogens is 430 g/mol. The molecule has 2 aliphatic heterocycles. The topological polar surface area (TPSA) is 144 Å². The molecule has 1 unspecified atom stereocenters. The van der Waals surface area contributed by atoms with Gasteiger partial charge in [-0.15, -0.1) is 0 Å². The molecule has 168 valence electrons. The van der Waals surface area contributed by atoms with Crippen LogP contribution in [-0.2, 0) is 9.59 Å². The number of hydrogen-bond donors (Lipinski definition) is 4. The van der Waals surface area contributed by atoms with Crippen molar-refractivity contribution in [3.05, 3.63) is 58.4 Å². The number of para-hydroxylation sites is 2. The first-order valence-electron chi connectivity index (χ1n) is 10.1. The van der Waals surface area contributed by atoms with Crippen LogP contribution in [0.5, 0.6) is 17.2 Å². The van der Waals surface area contributed by atoms with Gasteiger partial charge >= 0.3 is 0 Å². The Morgan fingerprint density at radius 1 is 1.15 bits per heavy atom. The molecule has 5 rings (SSSR count). The Hall–Kier alpha value is -4.54. The molecule has 2 aliphatic rings. The van der Waals surface area contributed by atoms with E-state index in [2.05, 4.69) is 25.9 Å². The van der Waals surface area contributed by atoms with E-state index in [4.69, 9.17) is 14.2 Å². The fourth-order valence-corrected chi connectivity index (χ4v) is 3.73. The molecule has 33 heavy (non-hydrogen) atoms. The van der Waals surface area contributed by atoms with Gasteiger partial charge in [0.1, 0.15) is 11.6 Å². The van der Waals surface area contributed by atoms with E-state index < -0.39 is 23.3 Å². The number of amides is 2. The lowest BCUT2D eigenvalue weighted by molar-refractivity contribution is -0.123. The van der Waals surface area contributed by atoms with E-state index in [1.807, 2.05) is 0 Å². The fraction of sp³-hybridized carbons (Fsp3) is 0.182. The molecule has 11 heteroatoms. The SMILES string of the molecule is COc1ccccc1Nc1nc2c(c(=O)[nH]1)C(C(=O)Nc1ccc3c(c1)OCO3)CC(=O)N2. The number of rotatable bonds is 5. The Balaban J connectivity index is 1.43. The molecule has 0 spiro atoms. The third-order valence-corrected chi connectivity index (χ3v) is 5.27. The number of aromatic nitrogens is 2. The largest absolute Gasteiger partial charge is 0.495 e. The zero-order valence-corrected chi connectivity index (χ0v) is 17.4. The summed E-state index contributed by atoms with van der Waals surface area (Å²) in [5.41, 5.74) is 0.569. The number of benzene rings is 2. The van der Waals surface area contributed by atoms with Gasteiger partial charge in [0.25, 0.3) is 5.56 Å². The average Bonchev–Trinajstić information content (AvgIpc) is 3.26. The first-order chi connectivity index (χ1) is 16.0. The predicted octanol–water partition coefficient (Wildman–Crippen LogP) is 2.32. The molecule has 1 atom stereocenters. The number of aromatic amines is 1. The van der Waals surface area contributed by atoms with E-state index in [1.54, 1.807) is 42.5 Å². The summed E-state index contributed by atoms with van der Waals surface area (Å²) in [5, 5.41) is 8.28. The Bertz CT molecular complexity index is 1320. The van der Waals surface area contributed by atoms with Crippen molar-refractivity contribution >= 4 is 35.0 Å². The van der Waals surface area contributed by atoms with Crippen LogP contribution in [0.1, 0.15) is 17.9 Å². The summed E-state index contributed by atoms with van der Waals surface area (Å²) in [6, 6.07) is 12.0. The van der Waals surface area contributed by atoms with Gasteiger partial charge in [0, 0.05) is 18.2 Å². The minimum atomic E-state index is -1.02. The van der Waals surface area contributed by atoms with Crippen LogP contribution >= 0.6 is 0 Å². The highest BCUT2D eigenvalue weighted by Crippen LogP contribution is 2.35. The van der Waals surface area contributed by atoms with Gasteiger partial charge in [-0.3, -0.25) is 19.4 Å². The number of carbonyl (C=O) groups excluding carboxylic acids is 2. The smallest absolute Gasteiger partial charge is 0.258 e. The molecule has 2 aromatic carbocycles. The lowest BCUT2D eigenvalue weighted by atomic mass is 9.92. The zero-order chi connectivity index (χ0) is 22.9. The van der Waals surface area contributed by atoms with Gasteiger partial charge in [-0.25, -0.2) is 0 Å². The summed E-state index contributed by atoms with van der Waals surface area (Å²) in [5.74, 6) is -0.207. The quantitative estimate of drug-likeness (QED) is 0.465. The van der Waals surface area contributed by atoms with Gasteiger partial charge in [-0.05, 0) is 24.3 Å². The average molecular weight is 449 g/mol. The van der Waals surface area contributed by atoms with Crippen LogP contribution < -0.4 is 35.7 Å². The summed E-state index contributed by atoms with van der Waals surface area (Å²) >= 11 is 0. The molecule has 4 N–H and O–H groups in total. The van der Waals surface area contributed by atoms with E-state index in [9.17, 15) is 14.4 Å². The predicted molar refractivity (Wildman–Crippen MR) is 118 cm³/mol. The Labute approximate surface area is 187 Å². The number of H-pyrrole nitrogens is 1. The van der Waals surface area contributed by atoms with Crippen molar-refractivity contribution in [1.29, 1.82) is 0 Å². The third-order valence-electron chi connectivity index (χ3n) is 5.27. The van der Waals surface area contributed by atoms with E-state index in [0.717, 1.165) is 0 Å². The van der Waals surface area contributed by atoms with Crippen molar-refractivity contribution in [3.8, 4) is 17.2 Å². The van der Waals surface area contributed by atoms with Gasteiger partial charge < -0.3 is 30.2 Å². The first-order valence-corrected chi connectivity index (χ1v) is 10.1. The summed E-state index contributed by atoms with van der Waals surface area (Å²) in [7, 11) is 1.52. The summed E-state index contributed by atoms with van der Waals surface area (Å²) in [6.07, 6.45) is -0.187. The molecule has 0 aliphatic carbocycles. The van der Waals surface area contributed by atoms with Gasteiger partial charge in [0.05, 0.1) is 24.3 Å². The van der Waals surface area contributed by atoms with Crippen LogP contribution in [0.25, 0.3) is 0 Å². The van der Waals surface area contributed by atoms with Crippen molar-refractivity contribution in [1.82, 2.24) is 9.97 Å². The van der Waals surface area contributed by atoms with Gasteiger partial charge in [-0.1, -0.05) is 12.1 Å². The molecular formula is C22H19N5O6. The second-order valence-electron chi connectivity index (χ2n) is 7.36. The number of hydrogen-bond acceptors (Lipinski definition) is 8. The van der Waals surface area contributed by atoms with Crippen LogP contribution in [0.15, 0.2) is 47.3 Å². The highest BCUT2D eigenvalue weighted by atomic mass is 16.7. The highest BCUT2D eigenvalue weighted by Gasteiger charge is 2.35. The highest BCUT2D eigenvalue weighted by molar-refractivity contribution is 6.04. The lowest BCUT2D eigenvalue weighted by Crippen LogP contribution is -2.36. The molecule has 0 radical (unpaired) electrons. The molecule has 0 fully saturated rings. The molecule has 3 heterocycles. The summed E-state index contributed by atoms with van der Waals surface area (Å²) in [6.45, 7) is 0.106. The van der Waals surface area contributed by atoms with E-state index in [-0.39, 0.29) is 30.5 Å². The molecule has 3 aromatic rings. The van der Waals surface area contributed by atoms with Crippen LogP contribution in [-0.4, -0.2) is 35.7 Å². The minimum absolute atomic E-state index is 0.0261. The van der Waals surface area contributed by atoms with Crippen molar-refractivity contribution in [2.24, 2.45) is 0 Å². The Morgan fingerprint density at radius 2 is 1.97 bits per heavy atom. The van der Waals surface area contributed by atoms with Crippen molar-refractivity contribution < 1.29 is 23.8 Å². The van der Waals surface area contributed by atoms with Crippen molar-refractivity contribution in [3.63, 3.8) is 0 Å². The van der Waals surface area contributed by atoms with Crippen molar-refractivity contribution in [2.75, 3.05) is 29.9 Å². The monoisotopic (exact) mass is 449 g/mol. The maximum atomic E-state index is 13.0. The number of fused-ring (bicyclic) bond motifs is 2. The number of nitrogens with zero attached hydrogens (tertiary/aromatic N) is 1. The van der Waals surface area contributed by atoms with Gasteiger partial charge in [0.15, 0.2) is 11.5 Å². The Morgan fingerprint density at radius 3 is 2.82 bits per heavy atom. The molecule has 0 bridgehead atoms. The standard InChI is InChI=1S/C22H19N5O6/c1-31-14-5-3-2-4-13(14)24-22-26-19-18(21(30)27-22)12(9-17(28)25-19)20(29)23-11-6-7-15-16(8-11)33-10-32-15/h2-8,12H,9-10H2,1H3,(H,23,29)(H3,24,25,26,27,28,30). The Kier molecular flexibility index (Phi) is 5.05. The number of anilines is 4. The maximum Gasteiger partial charge on any atom is 0.258 e. The number of nitrogens with one attached hydrogen (secondary N) is 4. The molecule has 1 aromatic heterocycles. The van der Waals surface area contributed by atoms with Gasteiger partial charge in [0.2, 0.25) is 24.6 Å². The molecule has 11 nitrogen and oxygen atoms in total.